The number of hydrogen-bond acceptors (Lipinski definition) is 7. The molecular formula is C30H42N4O5. The number of fused-ring (bicyclic) bond motifs is 1. The summed E-state index contributed by atoms with van der Waals surface area (Å²) in [5.74, 6) is 0.284. The van der Waals surface area contributed by atoms with E-state index in [1.807, 2.05) is 37.6 Å². The lowest BCUT2D eigenvalue weighted by Crippen LogP contribution is -2.43. The van der Waals surface area contributed by atoms with Crippen LogP contribution < -0.4 is 10.9 Å². The highest BCUT2D eigenvalue weighted by Gasteiger charge is 2.38. The Kier molecular flexibility index (Phi) is 8.01. The van der Waals surface area contributed by atoms with E-state index in [1.165, 1.54) is 5.57 Å². The van der Waals surface area contributed by atoms with Gasteiger partial charge >= 0.3 is 6.09 Å². The van der Waals surface area contributed by atoms with E-state index in [9.17, 15) is 9.59 Å². The van der Waals surface area contributed by atoms with Crippen molar-refractivity contribution in [3.8, 4) is 0 Å². The first-order chi connectivity index (χ1) is 18.7. The van der Waals surface area contributed by atoms with Crippen LogP contribution in [0.2, 0.25) is 0 Å². The van der Waals surface area contributed by atoms with Crippen molar-refractivity contribution in [1.29, 1.82) is 0 Å². The number of carbonyl (C=O) groups is 1. The molecule has 2 saturated heterocycles. The van der Waals surface area contributed by atoms with E-state index in [4.69, 9.17) is 14.2 Å². The van der Waals surface area contributed by atoms with Crippen LogP contribution in [-0.2, 0) is 14.2 Å². The predicted octanol–water partition coefficient (Wildman–Crippen LogP) is 5.49. The highest BCUT2D eigenvalue weighted by molar-refractivity contribution is 5.94. The fourth-order valence-electron chi connectivity index (χ4n) is 5.74. The lowest BCUT2D eigenvalue weighted by molar-refractivity contribution is -0.159. The number of anilines is 1. The molecule has 0 unspecified atom stereocenters. The van der Waals surface area contributed by atoms with Crippen LogP contribution in [0.5, 0.6) is 0 Å². The summed E-state index contributed by atoms with van der Waals surface area (Å²) in [5, 5.41) is 4.95. The van der Waals surface area contributed by atoms with Gasteiger partial charge in [-0.25, -0.2) is 9.78 Å². The number of hydrogen-bond donors (Lipinski definition) is 1. The molecule has 1 spiro atoms. The van der Waals surface area contributed by atoms with Crippen molar-refractivity contribution in [1.82, 2.24) is 14.5 Å². The van der Waals surface area contributed by atoms with Gasteiger partial charge in [-0.15, -0.1) is 0 Å². The maximum atomic E-state index is 13.8. The molecule has 2 aromatic rings. The summed E-state index contributed by atoms with van der Waals surface area (Å²) in [6.45, 7) is 11.0. The van der Waals surface area contributed by atoms with E-state index in [0.29, 0.717) is 51.0 Å². The molecule has 2 fully saturated rings. The molecular weight excluding hydrogens is 496 g/mol. The standard InChI is InChI=1S/C30H42N4O5/c1-5-6-13-31-26-18-23-24(19-32-26)27(35)34(22-9-14-33(15-10-22)28(36)39-29(2,3)4)20-25(23)21-7-11-30(12-8-21)37-16-17-38-30/h7,18-20,22H,5-6,8-17H2,1-4H3,(H,31,32). The molecule has 0 bridgehead atoms. The van der Waals surface area contributed by atoms with Gasteiger partial charge in [0.25, 0.3) is 5.56 Å². The Morgan fingerprint density at radius 1 is 1.21 bits per heavy atom. The number of rotatable bonds is 6. The van der Waals surface area contributed by atoms with Gasteiger partial charge < -0.3 is 29.0 Å². The van der Waals surface area contributed by atoms with Crippen molar-refractivity contribution in [2.75, 3.05) is 38.2 Å². The van der Waals surface area contributed by atoms with Crippen LogP contribution >= 0.6 is 0 Å². The summed E-state index contributed by atoms with van der Waals surface area (Å²) in [5.41, 5.74) is 1.70. The Bertz CT molecular complexity index is 1280. The van der Waals surface area contributed by atoms with Crippen LogP contribution in [0.4, 0.5) is 10.6 Å². The van der Waals surface area contributed by atoms with E-state index in [0.717, 1.165) is 49.0 Å². The number of allylic oxidation sites excluding steroid dienone is 1. The third-order valence-corrected chi connectivity index (χ3v) is 7.87. The van der Waals surface area contributed by atoms with Crippen molar-refractivity contribution >= 4 is 28.3 Å². The predicted molar refractivity (Wildman–Crippen MR) is 152 cm³/mol. The zero-order valence-electron chi connectivity index (χ0n) is 23.8. The first-order valence-electron chi connectivity index (χ1n) is 14.4. The molecule has 0 aromatic carbocycles. The molecule has 39 heavy (non-hydrogen) atoms. The molecule has 2 aromatic heterocycles. The number of nitrogens with one attached hydrogen (secondary N) is 1. The zero-order chi connectivity index (χ0) is 27.6. The normalized spacial score (nSPS) is 19.9. The highest BCUT2D eigenvalue weighted by atomic mass is 16.7. The number of carbonyl (C=O) groups excluding carboxylic acids is 1. The Hall–Kier alpha value is -2.91. The van der Waals surface area contributed by atoms with Gasteiger partial charge in [-0.05, 0) is 58.1 Å². The second-order valence-corrected chi connectivity index (χ2v) is 11.9. The van der Waals surface area contributed by atoms with Gasteiger partial charge in [0.1, 0.15) is 11.4 Å². The molecule has 1 amide bonds. The number of unbranched alkanes of at least 4 members (excludes halogenated alkanes) is 1. The number of ether oxygens (including phenoxy) is 3. The van der Waals surface area contributed by atoms with Crippen LogP contribution in [0.1, 0.15) is 84.2 Å². The summed E-state index contributed by atoms with van der Waals surface area (Å²) in [6.07, 6.45) is 11.5. The third-order valence-electron chi connectivity index (χ3n) is 7.87. The van der Waals surface area contributed by atoms with E-state index < -0.39 is 11.4 Å². The van der Waals surface area contributed by atoms with Crippen molar-refractivity contribution in [3.05, 3.63) is 40.5 Å². The molecule has 9 heteroatoms. The van der Waals surface area contributed by atoms with Gasteiger partial charge in [-0.2, -0.15) is 0 Å². The number of pyridine rings is 2. The molecule has 1 N–H and O–H groups in total. The van der Waals surface area contributed by atoms with Gasteiger partial charge in [-0.3, -0.25) is 4.79 Å². The molecule has 212 valence electrons. The summed E-state index contributed by atoms with van der Waals surface area (Å²) in [7, 11) is 0. The minimum atomic E-state index is -0.532. The minimum Gasteiger partial charge on any atom is -0.444 e. The molecule has 9 nitrogen and oxygen atoms in total. The summed E-state index contributed by atoms with van der Waals surface area (Å²) in [6, 6.07) is 2.02. The molecule has 0 saturated carbocycles. The maximum absolute atomic E-state index is 13.8. The van der Waals surface area contributed by atoms with Gasteiger partial charge in [0.2, 0.25) is 0 Å². The summed E-state index contributed by atoms with van der Waals surface area (Å²) < 4.78 is 19.3. The molecule has 0 atom stereocenters. The highest BCUT2D eigenvalue weighted by Crippen LogP contribution is 2.40. The van der Waals surface area contributed by atoms with Gasteiger partial charge in [-0.1, -0.05) is 19.4 Å². The number of nitrogens with zero attached hydrogens (tertiary/aromatic N) is 3. The fraction of sp³-hybridized carbons (Fsp3) is 0.633. The molecule has 2 aliphatic heterocycles. The van der Waals surface area contributed by atoms with E-state index in [1.54, 1.807) is 11.1 Å². The maximum Gasteiger partial charge on any atom is 0.410 e. The van der Waals surface area contributed by atoms with Crippen molar-refractivity contribution in [2.45, 2.75) is 90.1 Å². The molecule has 4 heterocycles. The van der Waals surface area contributed by atoms with E-state index in [-0.39, 0.29) is 17.7 Å². The first kappa shape index (κ1) is 27.6. The van der Waals surface area contributed by atoms with Crippen LogP contribution in [0.15, 0.2) is 29.3 Å². The molecule has 0 radical (unpaired) electrons. The van der Waals surface area contributed by atoms with E-state index in [2.05, 4.69) is 23.3 Å². The van der Waals surface area contributed by atoms with Gasteiger partial charge in [0.15, 0.2) is 5.79 Å². The van der Waals surface area contributed by atoms with Crippen molar-refractivity contribution in [3.63, 3.8) is 0 Å². The number of piperidine rings is 1. The third kappa shape index (κ3) is 6.14. The minimum absolute atomic E-state index is 0.00118. The smallest absolute Gasteiger partial charge is 0.410 e. The Morgan fingerprint density at radius 2 is 1.95 bits per heavy atom. The lowest BCUT2D eigenvalue weighted by Gasteiger charge is -2.35. The van der Waals surface area contributed by atoms with Crippen LogP contribution in [0.3, 0.4) is 0 Å². The zero-order valence-corrected chi connectivity index (χ0v) is 23.8. The number of aromatic nitrogens is 2. The average Bonchev–Trinajstić information content (AvgIpc) is 3.37. The van der Waals surface area contributed by atoms with Crippen LogP contribution in [0, 0.1) is 0 Å². The molecule has 3 aliphatic rings. The second-order valence-electron chi connectivity index (χ2n) is 11.9. The molecule has 5 rings (SSSR count). The van der Waals surface area contributed by atoms with Gasteiger partial charge in [0.05, 0.1) is 18.6 Å². The van der Waals surface area contributed by atoms with Crippen LogP contribution in [-0.4, -0.2) is 64.8 Å². The summed E-state index contributed by atoms with van der Waals surface area (Å²) in [4.78, 5) is 32.7. The Labute approximate surface area is 230 Å². The topological polar surface area (TPSA) is 94.9 Å². The monoisotopic (exact) mass is 538 g/mol. The quantitative estimate of drug-likeness (QED) is 0.486. The largest absolute Gasteiger partial charge is 0.444 e. The Morgan fingerprint density at radius 3 is 2.59 bits per heavy atom. The fourth-order valence-corrected chi connectivity index (χ4v) is 5.74. The average molecular weight is 539 g/mol. The number of amides is 1. The second kappa shape index (κ2) is 11.3. The Balaban J connectivity index is 1.46. The van der Waals surface area contributed by atoms with E-state index >= 15 is 0 Å². The van der Waals surface area contributed by atoms with Crippen molar-refractivity contribution < 1.29 is 19.0 Å². The summed E-state index contributed by atoms with van der Waals surface area (Å²) >= 11 is 0. The van der Waals surface area contributed by atoms with Crippen molar-refractivity contribution in [2.24, 2.45) is 0 Å². The first-order valence-corrected chi connectivity index (χ1v) is 14.4. The lowest BCUT2D eigenvalue weighted by atomic mass is 9.88. The molecule has 1 aliphatic carbocycles. The SMILES string of the molecule is CCCCNc1cc2c(C3=CCC4(CC3)OCCO4)cn(C3CCN(C(=O)OC(C)(C)C)CC3)c(=O)c2cn1. The number of likely N-dealkylation sites (tertiary alicyclic amines) is 1. The van der Waals surface area contributed by atoms with Crippen LogP contribution in [0.25, 0.3) is 16.3 Å². The van der Waals surface area contributed by atoms with Gasteiger partial charge in [0, 0.05) is 61.9 Å².